The minimum Gasteiger partial charge on any atom is -0.493 e. The number of nitrogens with zero attached hydrogens (tertiary/aromatic N) is 1. The van der Waals surface area contributed by atoms with E-state index < -0.39 is 0 Å². The van der Waals surface area contributed by atoms with Crippen molar-refractivity contribution in [2.45, 2.75) is 25.4 Å². The molecule has 0 fully saturated rings. The second-order valence-corrected chi connectivity index (χ2v) is 7.67. The number of hydrogen-bond acceptors (Lipinski definition) is 8. The molecule has 1 atom stereocenters. The monoisotopic (exact) mass is 404 g/mol. The van der Waals surface area contributed by atoms with E-state index in [4.69, 9.17) is 23.8 Å². The van der Waals surface area contributed by atoms with Crippen LogP contribution in [-0.2, 0) is 17.7 Å². The van der Waals surface area contributed by atoms with Crippen molar-refractivity contribution in [3.05, 3.63) is 34.0 Å². The highest BCUT2D eigenvalue weighted by molar-refractivity contribution is 7.09. The summed E-state index contributed by atoms with van der Waals surface area (Å²) in [6.45, 7) is 1.83. The molecular weight excluding hydrogens is 380 g/mol. The van der Waals surface area contributed by atoms with E-state index in [0.717, 1.165) is 37.2 Å². The van der Waals surface area contributed by atoms with Gasteiger partial charge in [-0.3, -0.25) is 0 Å². The van der Waals surface area contributed by atoms with E-state index >= 15 is 0 Å². The van der Waals surface area contributed by atoms with Gasteiger partial charge < -0.3 is 29.1 Å². The van der Waals surface area contributed by atoms with Crippen molar-refractivity contribution in [1.29, 1.82) is 0 Å². The second-order valence-electron chi connectivity index (χ2n) is 6.64. The average molecular weight is 404 g/mol. The van der Waals surface area contributed by atoms with Gasteiger partial charge in [-0.25, -0.2) is 0 Å². The van der Waals surface area contributed by atoms with E-state index in [1.54, 1.807) is 25.6 Å². The van der Waals surface area contributed by atoms with Crippen LogP contribution in [0.5, 0.6) is 23.0 Å². The largest absolute Gasteiger partial charge is 0.493 e. The lowest BCUT2D eigenvalue weighted by atomic mass is 10.0. The molecule has 3 heterocycles. The van der Waals surface area contributed by atoms with Gasteiger partial charge in [0.1, 0.15) is 6.10 Å². The van der Waals surface area contributed by atoms with Crippen molar-refractivity contribution >= 4 is 17.0 Å². The molecule has 7 nitrogen and oxygen atoms in total. The lowest BCUT2D eigenvalue weighted by Gasteiger charge is -2.15. The first kappa shape index (κ1) is 18.9. The molecule has 1 N–H and O–H groups in total. The maximum atomic E-state index is 5.65. The fourth-order valence-corrected chi connectivity index (χ4v) is 4.15. The highest BCUT2D eigenvalue weighted by Crippen LogP contribution is 2.49. The Morgan fingerprint density at radius 2 is 2.14 bits per heavy atom. The fourth-order valence-electron chi connectivity index (χ4n) is 3.44. The molecule has 0 spiro atoms. The zero-order valence-electron chi connectivity index (χ0n) is 16.0. The molecule has 0 radical (unpaired) electrons. The summed E-state index contributed by atoms with van der Waals surface area (Å²) in [4.78, 5) is 7.03. The number of ether oxygens (including phenoxy) is 4. The number of benzene rings is 1. The highest BCUT2D eigenvalue weighted by atomic mass is 32.1. The number of fused-ring (bicyclic) bond motifs is 1. The molecule has 0 bridgehead atoms. The molecule has 28 heavy (non-hydrogen) atoms. The van der Waals surface area contributed by atoms with Crippen LogP contribution in [0, 0.1) is 0 Å². The standard InChI is InChI=1S/C20H24N2O5S/c1-23-17-9-13(18(24-2)20-19(17)25-12-26-20)8-15-10-14(22-27-15)11-21-6-5-16-4-3-7-28-16/h3-4,7,9,15,21H,5-6,8,10-12H2,1-2H3/t15-/m1/s1. The number of thiophene rings is 1. The van der Waals surface area contributed by atoms with E-state index in [1.165, 1.54) is 4.88 Å². The molecule has 0 saturated carbocycles. The lowest BCUT2D eigenvalue weighted by Crippen LogP contribution is -2.25. The number of hydrogen-bond donors (Lipinski definition) is 1. The molecule has 0 amide bonds. The molecule has 2 aliphatic rings. The van der Waals surface area contributed by atoms with Gasteiger partial charge in [-0.1, -0.05) is 11.2 Å². The summed E-state index contributed by atoms with van der Waals surface area (Å²) in [5, 5.41) is 9.79. The molecule has 2 aliphatic heterocycles. The van der Waals surface area contributed by atoms with Crippen LogP contribution in [0.15, 0.2) is 28.7 Å². The van der Waals surface area contributed by atoms with Gasteiger partial charge in [0.05, 0.1) is 19.9 Å². The third-order valence-electron chi connectivity index (χ3n) is 4.76. The van der Waals surface area contributed by atoms with Crippen LogP contribution < -0.4 is 24.3 Å². The van der Waals surface area contributed by atoms with Gasteiger partial charge >= 0.3 is 0 Å². The summed E-state index contributed by atoms with van der Waals surface area (Å²) in [7, 11) is 3.24. The minimum absolute atomic E-state index is 0.0342. The number of oxime groups is 1. The molecule has 150 valence electrons. The van der Waals surface area contributed by atoms with Gasteiger partial charge in [0.25, 0.3) is 0 Å². The van der Waals surface area contributed by atoms with Gasteiger partial charge in [0.15, 0.2) is 11.5 Å². The van der Waals surface area contributed by atoms with Crippen LogP contribution in [0.1, 0.15) is 16.9 Å². The Bertz CT molecular complexity index is 838. The van der Waals surface area contributed by atoms with E-state index in [9.17, 15) is 0 Å². The Morgan fingerprint density at radius 1 is 1.25 bits per heavy atom. The Balaban J connectivity index is 1.32. The van der Waals surface area contributed by atoms with Gasteiger partial charge in [-0.15, -0.1) is 11.3 Å². The van der Waals surface area contributed by atoms with Crippen LogP contribution in [0.2, 0.25) is 0 Å². The van der Waals surface area contributed by atoms with Crippen molar-refractivity contribution in [2.75, 3.05) is 34.1 Å². The molecule has 8 heteroatoms. The minimum atomic E-state index is -0.0342. The van der Waals surface area contributed by atoms with Crippen molar-refractivity contribution in [3.63, 3.8) is 0 Å². The third-order valence-corrected chi connectivity index (χ3v) is 5.70. The first-order valence-corrected chi connectivity index (χ1v) is 10.1. The zero-order chi connectivity index (χ0) is 19.3. The quantitative estimate of drug-likeness (QED) is 0.648. The Morgan fingerprint density at radius 3 is 2.93 bits per heavy atom. The maximum Gasteiger partial charge on any atom is 0.231 e. The van der Waals surface area contributed by atoms with Crippen LogP contribution in [0.4, 0.5) is 0 Å². The van der Waals surface area contributed by atoms with E-state index in [1.807, 2.05) is 6.07 Å². The Hall–Kier alpha value is -2.45. The van der Waals surface area contributed by atoms with Crippen LogP contribution in [-0.4, -0.2) is 45.9 Å². The lowest BCUT2D eigenvalue weighted by molar-refractivity contribution is 0.0853. The number of rotatable bonds is 9. The Labute approximate surface area is 168 Å². The molecular formula is C20H24N2O5S. The fraction of sp³-hybridized carbons (Fsp3) is 0.450. The summed E-state index contributed by atoms with van der Waals surface area (Å²) in [5.41, 5.74) is 1.98. The predicted molar refractivity (Wildman–Crippen MR) is 107 cm³/mol. The maximum absolute atomic E-state index is 5.65. The third kappa shape index (κ3) is 4.02. The summed E-state index contributed by atoms with van der Waals surface area (Å²) < 4.78 is 22.1. The van der Waals surface area contributed by atoms with Gasteiger partial charge in [0.2, 0.25) is 18.3 Å². The molecule has 1 aromatic carbocycles. The molecule has 2 aromatic rings. The van der Waals surface area contributed by atoms with E-state index in [0.29, 0.717) is 29.4 Å². The summed E-state index contributed by atoms with van der Waals surface area (Å²) in [6.07, 6.45) is 2.43. The number of nitrogens with one attached hydrogen (secondary N) is 1. The topological polar surface area (TPSA) is 70.5 Å². The van der Waals surface area contributed by atoms with Crippen molar-refractivity contribution in [1.82, 2.24) is 5.32 Å². The molecule has 4 rings (SSSR count). The van der Waals surface area contributed by atoms with Crippen molar-refractivity contribution < 1.29 is 23.8 Å². The summed E-state index contributed by atoms with van der Waals surface area (Å²) >= 11 is 1.79. The van der Waals surface area contributed by atoms with Gasteiger partial charge in [-0.2, -0.15) is 0 Å². The molecule has 0 unspecified atom stereocenters. The normalized spacial score (nSPS) is 17.4. The molecule has 0 aliphatic carbocycles. The van der Waals surface area contributed by atoms with Gasteiger partial charge in [0, 0.05) is 36.4 Å². The molecule has 0 saturated heterocycles. The van der Waals surface area contributed by atoms with E-state index in [2.05, 4.69) is 28.0 Å². The summed E-state index contributed by atoms with van der Waals surface area (Å²) in [6, 6.07) is 6.16. The van der Waals surface area contributed by atoms with Crippen molar-refractivity contribution in [3.8, 4) is 23.0 Å². The highest BCUT2D eigenvalue weighted by Gasteiger charge is 2.30. The summed E-state index contributed by atoms with van der Waals surface area (Å²) in [5.74, 6) is 2.48. The van der Waals surface area contributed by atoms with Crippen LogP contribution in [0.25, 0.3) is 0 Å². The first-order chi connectivity index (χ1) is 13.8. The zero-order valence-corrected chi connectivity index (χ0v) is 16.8. The van der Waals surface area contributed by atoms with Crippen LogP contribution >= 0.6 is 11.3 Å². The average Bonchev–Trinajstić information content (AvgIpc) is 3.46. The Kier molecular flexibility index (Phi) is 5.87. The predicted octanol–water partition coefficient (Wildman–Crippen LogP) is 3.01. The smallest absolute Gasteiger partial charge is 0.231 e. The first-order valence-electron chi connectivity index (χ1n) is 9.26. The molecule has 1 aromatic heterocycles. The van der Waals surface area contributed by atoms with Crippen LogP contribution in [0.3, 0.4) is 0 Å². The second kappa shape index (κ2) is 8.70. The number of methoxy groups -OCH3 is 2. The van der Waals surface area contributed by atoms with Crippen molar-refractivity contribution in [2.24, 2.45) is 5.16 Å². The SMILES string of the molecule is COc1cc(C[C@@H]2CC(CNCCc3cccs3)=NO2)c(OC)c2c1OCO2. The van der Waals surface area contributed by atoms with Gasteiger partial charge in [-0.05, 0) is 23.9 Å². The van der Waals surface area contributed by atoms with E-state index in [-0.39, 0.29) is 12.9 Å².